The number of hydrogen-bond acceptors (Lipinski definition) is 3. The lowest BCUT2D eigenvalue weighted by atomic mass is 9.47. The van der Waals surface area contributed by atoms with E-state index in [-0.39, 0.29) is 0 Å². The highest BCUT2D eigenvalue weighted by molar-refractivity contribution is 5.64. The van der Waals surface area contributed by atoms with Crippen LogP contribution >= 0.6 is 0 Å². The molecule has 3 nitrogen and oxygen atoms in total. The molecule has 0 amide bonds. The summed E-state index contributed by atoms with van der Waals surface area (Å²) in [6.07, 6.45) is 26.7. The van der Waals surface area contributed by atoms with Gasteiger partial charge in [-0.15, -0.1) is 0 Å². The molecule has 4 aliphatic carbocycles. The van der Waals surface area contributed by atoms with Crippen molar-refractivity contribution in [1.82, 2.24) is 0 Å². The molecule has 3 heteroatoms. The van der Waals surface area contributed by atoms with Crippen LogP contribution in [0.25, 0.3) is 11.1 Å². The molecule has 0 aromatic heterocycles. The van der Waals surface area contributed by atoms with Gasteiger partial charge in [-0.1, -0.05) is 116 Å². The second kappa shape index (κ2) is 19.1. The Kier molecular flexibility index (Phi) is 14.5. The number of fused-ring (bicyclic) bond motifs is 5. The van der Waals surface area contributed by atoms with Crippen LogP contribution in [0.3, 0.4) is 0 Å². The van der Waals surface area contributed by atoms with Gasteiger partial charge in [-0.2, -0.15) is 0 Å². The molecule has 0 unspecified atom stereocenters. The van der Waals surface area contributed by atoms with Crippen molar-refractivity contribution >= 4 is 0 Å². The zero-order valence-corrected chi connectivity index (χ0v) is 34.8. The normalized spacial score (nSPS) is 29.9. The van der Waals surface area contributed by atoms with Gasteiger partial charge in [0.15, 0.2) is 0 Å². The molecule has 6 rings (SSSR count). The first kappa shape index (κ1) is 40.4. The lowest BCUT2D eigenvalue weighted by molar-refractivity contribution is -0.0641. The Morgan fingerprint density at radius 2 is 1.30 bits per heavy atom. The monoisotopic (exact) mass is 725 g/mol. The average Bonchev–Trinajstić information content (AvgIpc) is 3.52. The fraction of sp³-hybridized carbons (Fsp3) is 0.720. The summed E-state index contributed by atoms with van der Waals surface area (Å²) in [7, 11) is 0. The molecule has 0 bridgehead atoms. The average molecular weight is 725 g/mol. The first-order valence-corrected chi connectivity index (χ1v) is 22.5. The molecule has 0 N–H and O–H groups in total. The molecule has 4 aliphatic rings. The minimum absolute atomic E-state index is 0.410. The summed E-state index contributed by atoms with van der Waals surface area (Å²) in [4.78, 5) is 0. The van der Waals surface area contributed by atoms with E-state index in [4.69, 9.17) is 14.2 Å². The van der Waals surface area contributed by atoms with E-state index in [0.29, 0.717) is 16.9 Å². The summed E-state index contributed by atoms with van der Waals surface area (Å²) in [5, 5.41) is 0. The van der Waals surface area contributed by atoms with Crippen molar-refractivity contribution in [3.8, 4) is 22.6 Å². The lowest BCUT2D eigenvalue weighted by Crippen LogP contribution is -2.51. The number of hydrogen-bond donors (Lipinski definition) is 0. The van der Waals surface area contributed by atoms with Gasteiger partial charge in [0, 0.05) is 6.61 Å². The number of benzene rings is 2. The summed E-state index contributed by atoms with van der Waals surface area (Å²) in [5.41, 5.74) is 5.16. The zero-order chi connectivity index (χ0) is 37.3. The van der Waals surface area contributed by atoms with E-state index < -0.39 is 0 Å². The Morgan fingerprint density at radius 1 is 0.660 bits per heavy atom. The van der Waals surface area contributed by atoms with Gasteiger partial charge in [-0.05, 0) is 159 Å². The van der Waals surface area contributed by atoms with E-state index in [9.17, 15) is 0 Å². The summed E-state index contributed by atoms with van der Waals surface area (Å²) in [5.74, 6) is 7.34. The van der Waals surface area contributed by atoms with Gasteiger partial charge in [0.05, 0.1) is 19.3 Å². The van der Waals surface area contributed by atoms with Gasteiger partial charge in [0.1, 0.15) is 11.5 Å². The fourth-order valence-corrected chi connectivity index (χ4v) is 11.8. The van der Waals surface area contributed by atoms with E-state index in [0.717, 1.165) is 92.5 Å². The Labute approximate surface area is 325 Å². The minimum atomic E-state index is 0.410. The summed E-state index contributed by atoms with van der Waals surface area (Å²) >= 11 is 0. The molecule has 53 heavy (non-hydrogen) atoms. The zero-order valence-electron chi connectivity index (χ0n) is 34.8. The van der Waals surface area contributed by atoms with Crippen molar-refractivity contribution in [3.05, 3.63) is 60.2 Å². The van der Waals surface area contributed by atoms with Crippen LogP contribution in [-0.2, 0) is 4.74 Å². The van der Waals surface area contributed by atoms with Gasteiger partial charge in [-0.25, -0.2) is 0 Å². The largest absolute Gasteiger partial charge is 0.494 e. The molecule has 0 spiro atoms. The smallest absolute Gasteiger partial charge is 0.119 e. The van der Waals surface area contributed by atoms with Crippen molar-refractivity contribution in [2.24, 2.45) is 46.3 Å². The van der Waals surface area contributed by atoms with Crippen LogP contribution in [0.2, 0.25) is 0 Å². The Balaban J connectivity index is 0.873. The first-order valence-electron chi connectivity index (χ1n) is 22.5. The predicted molar refractivity (Wildman–Crippen MR) is 224 cm³/mol. The molecule has 294 valence electrons. The molecule has 2 aromatic carbocycles. The van der Waals surface area contributed by atoms with E-state index in [2.05, 4.69) is 96.1 Å². The first-order chi connectivity index (χ1) is 25.7. The van der Waals surface area contributed by atoms with Crippen molar-refractivity contribution in [2.45, 2.75) is 163 Å². The number of rotatable bonds is 20. The quantitative estimate of drug-likeness (QED) is 0.100. The van der Waals surface area contributed by atoms with Crippen LogP contribution < -0.4 is 9.47 Å². The van der Waals surface area contributed by atoms with Crippen LogP contribution in [0.1, 0.15) is 157 Å². The Morgan fingerprint density at radius 3 is 1.94 bits per heavy atom. The molecule has 0 saturated heterocycles. The van der Waals surface area contributed by atoms with Gasteiger partial charge < -0.3 is 14.2 Å². The molecule has 0 heterocycles. The molecular weight excluding hydrogens is 649 g/mol. The number of allylic oxidation sites excluding steroid dienone is 1. The van der Waals surface area contributed by atoms with Crippen LogP contribution in [0.15, 0.2) is 60.2 Å². The SMILES string of the molecule is CCCCCCOc1ccc(-c2ccc(OCCCCCO[C@H]3CC[C@@]4(C)C(=CC[C@H]5[C@@H]6CC[C@H]([C@H](C)CCCC(C)C)[C@@]6(C)CC[C@@H]54)C3)cc2)cc1. The highest BCUT2D eigenvalue weighted by atomic mass is 16.5. The maximum atomic E-state index is 6.56. The van der Waals surface area contributed by atoms with Gasteiger partial charge in [0.2, 0.25) is 0 Å². The van der Waals surface area contributed by atoms with Crippen molar-refractivity contribution in [2.75, 3.05) is 19.8 Å². The van der Waals surface area contributed by atoms with Gasteiger partial charge in [-0.3, -0.25) is 0 Å². The fourth-order valence-electron chi connectivity index (χ4n) is 11.8. The van der Waals surface area contributed by atoms with Crippen molar-refractivity contribution in [3.63, 3.8) is 0 Å². The maximum Gasteiger partial charge on any atom is 0.119 e. The second-order valence-corrected chi connectivity index (χ2v) is 18.9. The van der Waals surface area contributed by atoms with Gasteiger partial charge >= 0.3 is 0 Å². The third-order valence-corrected chi connectivity index (χ3v) is 15.0. The summed E-state index contributed by atoms with van der Waals surface area (Å²) in [6, 6.07) is 17.0. The predicted octanol–water partition coefficient (Wildman–Crippen LogP) is 14.3. The van der Waals surface area contributed by atoms with Crippen LogP contribution in [-0.4, -0.2) is 25.9 Å². The van der Waals surface area contributed by atoms with E-state index in [1.165, 1.54) is 101 Å². The third kappa shape index (κ3) is 9.95. The number of unbranched alkanes of at least 4 members (excludes halogenated alkanes) is 5. The van der Waals surface area contributed by atoms with Gasteiger partial charge in [0.25, 0.3) is 0 Å². The molecule has 3 fully saturated rings. The molecule has 3 saturated carbocycles. The molecule has 0 radical (unpaired) electrons. The molecule has 0 aliphatic heterocycles. The van der Waals surface area contributed by atoms with Crippen molar-refractivity contribution in [1.29, 1.82) is 0 Å². The van der Waals surface area contributed by atoms with E-state index >= 15 is 0 Å². The standard InChI is InChI=1S/C50H76O3/c1-7-8-9-11-33-51-42-22-17-39(18-23-42)40-19-24-43(25-20-40)52-34-12-10-13-35-53-44-29-31-49(5)41(36-44)21-26-45-47-28-27-46(38(4)16-14-15-37(2)3)50(47,6)32-30-48(45)49/h17-25,37-38,44-48H,7-16,26-36H2,1-6H3/t38-,44+,45+,46-,47+,48+,49+,50-/m1/s1. The van der Waals surface area contributed by atoms with Crippen LogP contribution in [0, 0.1) is 46.3 Å². The number of ether oxygens (including phenoxy) is 3. The minimum Gasteiger partial charge on any atom is -0.494 e. The van der Waals surface area contributed by atoms with E-state index in [1.54, 1.807) is 5.57 Å². The third-order valence-electron chi connectivity index (χ3n) is 15.0. The molecule has 2 aromatic rings. The maximum absolute atomic E-state index is 6.56. The summed E-state index contributed by atoms with van der Waals surface area (Å²) in [6.45, 7) is 17.5. The highest BCUT2D eigenvalue weighted by Gasteiger charge is 2.59. The molecular formula is C50H76O3. The Hall–Kier alpha value is -2.26. The highest BCUT2D eigenvalue weighted by Crippen LogP contribution is 2.67. The van der Waals surface area contributed by atoms with Crippen LogP contribution in [0.5, 0.6) is 11.5 Å². The summed E-state index contributed by atoms with van der Waals surface area (Å²) < 4.78 is 18.6. The lowest BCUT2D eigenvalue weighted by Gasteiger charge is -2.58. The Bertz CT molecular complexity index is 1410. The topological polar surface area (TPSA) is 27.7 Å². The van der Waals surface area contributed by atoms with Crippen LogP contribution in [0.4, 0.5) is 0 Å². The molecule has 8 atom stereocenters. The van der Waals surface area contributed by atoms with E-state index in [1.807, 2.05) is 0 Å². The van der Waals surface area contributed by atoms with Crippen molar-refractivity contribution < 1.29 is 14.2 Å². The second-order valence-electron chi connectivity index (χ2n) is 18.9.